The van der Waals surface area contributed by atoms with Gasteiger partial charge in [-0.3, -0.25) is 10.3 Å². The summed E-state index contributed by atoms with van der Waals surface area (Å²) in [6, 6.07) is 0. The zero-order valence-corrected chi connectivity index (χ0v) is 8.76. The Morgan fingerprint density at radius 3 is 2.69 bits per heavy atom. The third-order valence-corrected chi connectivity index (χ3v) is 2.56. The summed E-state index contributed by atoms with van der Waals surface area (Å²) in [5.41, 5.74) is 0. The smallest absolute Gasteiger partial charge is 0.0993 e. The fourth-order valence-corrected chi connectivity index (χ4v) is 1.72. The average Bonchev–Trinajstić information content (AvgIpc) is 2.63. The highest BCUT2D eigenvalue weighted by molar-refractivity contribution is 5.61. The standard InChI is InChI=1S/C11H22N2/c1-2-3-4-5-6-7-8-11-12-9-10-13-11/h9,11,13H,2-8,10H2,1H3. The van der Waals surface area contributed by atoms with Gasteiger partial charge in [0.05, 0.1) is 6.17 Å². The Balaban J connectivity index is 1.81. The molecule has 0 aliphatic carbocycles. The molecule has 2 heteroatoms. The molecule has 2 nitrogen and oxygen atoms in total. The van der Waals surface area contributed by atoms with Crippen LogP contribution in [0.2, 0.25) is 0 Å². The van der Waals surface area contributed by atoms with E-state index in [0.29, 0.717) is 6.17 Å². The topological polar surface area (TPSA) is 24.4 Å². The first kappa shape index (κ1) is 10.7. The monoisotopic (exact) mass is 182 g/mol. The van der Waals surface area contributed by atoms with Gasteiger partial charge in [-0.2, -0.15) is 0 Å². The molecule has 1 aliphatic rings. The van der Waals surface area contributed by atoms with E-state index in [9.17, 15) is 0 Å². The third kappa shape index (κ3) is 5.04. The number of nitrogens with zero attached hydrogens (tertiary/aromatic N) is 1. The van der Waals surface area contributed by atoms with Crippen LogP contribution in [0.1, 0.15) is 51.9 Å². The SMILES string of the molecule is CCCCCCCCC1N=CCN1. The second kappa shape index (κ2) is 7.07. The molecule has 0 saturated carbocycles. The quantitative estimate of drug-likeness (QED) is 0.601. The van der Waals surface area contributed by atoms with Crippen LogP contribution in [-0.4, -0.2) is 18.9 Å². The molecule has 0 amide bonds. The van der Waals surface area contributed by atoms with Gasteiger partial charge in [0.1, 0.15) is 0 Å². The summed E-state index contributed by atoms with van der Waals surface area (Å²) in [6.07, 6.45) is 11.9. The lowest BCUT2D eigenvalue weighted by atomic mass is 10.1. The van der Waals surface area contributed by atoms with Crippen molar-refractivity contribution in [3.05, 3.63) is 0 Å². The molecule has 0 spiro atoms. The van der Waals surface area contributed by atoms with E-state index in [1.54, 1.807) is 0 Å². The van der Waals surface area contributed by atoms with Crippen LogP contribution in [0.3, 0.4) is 0 Å². The van der Waals surface area contributed by atoms with Crippen molar-refractivity contribution in [1.82, 2.24) is 5.32 Å². The predicted octanol–water partition coefficient (Wildman–Crippen LogP) is 2.74. The van der Waals surface area contributed by atoms with Gasteiger partial charge >= 0.3 is 0 Å². The normalized spacial score (nSPS) is 21.2. The van der Waals surface area contributed by atoms with Gasteiger partial charge in [-0.15, -0.1) is 0 Å². The number of unbranched alkanes of at least 4 members (excludes halogenated alkanes) is 5. The van der Waals surface area contributed by atoms with Gasteiger partial charge < -0.3 is 0 Å². The highest BCUT2D eigenvalue weighted by Crippen LogP contribution is 2.09. The highest BCUT2D eigenvalue weighted by atomic mass is 15.1. The van der Waals surface area contributed by atoms with Gasteiger partial charge in [0.2, 0.25) is 0 Å². The van der Waals surface area contributed by atoms with E-state index in [-0.39, 0.29) is 0 Å². The minimum Gasteiger partial charge on any atom is -0.291 e. The molecule has 1 rings (SSSR count). The predicted molar refractivity (Wildman–Crippen MR) is 58.3 cm³/mol. The van der Waals surface area contributed by atoms with E-state index < -0.39 is 0 Å². The molecule has 1 heterocycles. The van der Waals surface area contributed by atoms with Gasteiger partial charge in [0.15, 0.2) is 0 Å². The number of rotatable bonds is 7. The summed E-state index contributed by atoms with van der Waals surface area (Å²) in [5.74, 6) is 0. The molecule has 0 bridgehead atoms. The lowest BCUT2D eigenvalue weighted by Crippen LogP contribution is -2.21. The molecular weight excluding hydrogens is 160 g/mol. The van der Waals surface area contributed by atoms with Crippen LogP contribution in [0.5, 0.6) is 0 Å². The second-order valence-corrected chi connectivity index (χ2v) is 3.81. The zero-order chi connectivity index (χ0) is 9.36. The van der Waals surface area contributed by atoms with E-state index in [1.807, 2.05) is 6.21 Å². The Morgan fingerprint density at radius 1 is 1.23 bits per heavy atom. The van der Waals surface area contributed by atoms with Crippen LogP contribution in [-0.2, 0) is 0 Å². The molecule has 1 aliphatic heterocycles. The third-order valence-electron chi connectivity index (χ3n) is 2.56. The van der Waals surface area contributed by atoms with Crippen LogP contribution in [0.15, 0.2) is 4.99 Å². The van der Waals surface area contributed by atoms with Crippen molar-refractivity contribution >= 4 is 6.21 Å². The van der Waals surface area contributed by atoms with Crippen molar-refractivity contribution in [1.29, 1.82) is 0 Å². The number of nitrogens with one attached hydrogen (secondary N) is 1. The van der Waals surface area contributed by atoms with Crippen molar-refractivity contribution in [3.8, 4) is 0 Å². The molecule has 1 N–H and O–H groups in total. The molecular formula is C11H22N2. The average molecular weight is 182 g/mol. The lowest BCUT2D eigenvalue weighted by molar-refractivity contribution is 0.505. The minimum atomic E-state index is 0.436. The summed E-state index contributed by atoms with van der Waals surface area (Å²) in [6.45, 7) is 3.23. The molecule has 0 aromatic heterocycles. The second-order valence-electron chi connectivity index (χ2n) is 3.81. The van der Waals surface area contributed by atoms with Gasteiger partial charge in [0.25, 0.3) is 0 Å². The Kier molecular flexibility index (Phi) is 5.83. The molecule has 13 heavy (non-hydrogen) atoms. The van der Waals surface area contributed by atoms with Crippen molar-refractivity contribution in [2.24, 2.45) is 4.99 Å². The first-order valence-electron chi connectivity index (χ1n) is 5.68. The maximum Gasteiger partial charge on any atom is 0.0993 e. The Labute approximate surface area is 81.8 Å². The maximum atomic E-state index is 4.33. The van der Waals surface area contributed by atoms with E-state index in [0.717, 1.165) is 6.54 Å². The molecule has 1 unspecified atom stereocenters. The van der Waals surface area contributed by atoms with E-state index in [2.05, 4.69) is 17.2 Å². The van der Waals surface area contributed by atoms with Crippen LogP contribution < -0.4 is 5.32 Å². The maximum absolute atomic E-state index is 4.33. The molecule has 0 fully saturated rings. The van der Waals surface area contributed by atoms with Gasteiger partial charge in [0, 0.05) is 12.8 Å². The van der Waals surface area contributed by atoms with Crippen molar-refractivity contribution < 1.29 is 0 Å². The van der Waals surface area contributed by atoms with Gasteiger partial charge in [-0.25, -0.2) is 0 Å². The van der Waals surface area contributed by atoms with E-state index in [4.69, 9.17) is 0 Å². The Bertz CT molecular complexity index is 143. The van der Waals surface area contributed by atoms with Crippen LogP contribution >= 0.6 is 0 Å². The summed E-state index contributed by atoms with van der Waals surface area (Å²) >= 11 is 0. The van der Waals surface area contributed by atoms with Crippen LogP contribution in [0.25, 0.3) is 0 Å². The van der Waals surface area contributed by atoms with Crippen LogP contribution in [0, 0.1) is 0 Å². The molecule has 76 valence electrons. The molecule has 0 aromatic rings. The zero-order valence-electron chi connectivity index (χ0n) is 8.76. The highest BCUT2D eigenvalue weighted by Gasteiger charge is 2.07. The largest absolute Gasteiger partial charge is 0.291 e. The van der Waals surface area contributed by atoms with Crippen molar-refractivity contribution in [2.75, 3.05) is 6.54 Å². The Hall–Kier alpha value is -0.370. The molecule has 0 saturated heterocycles. The van der Waals surface area contributed by atoms with Gasteiger partial charge in [-0.05, 0) is 12.8 Å². The molecule has 0 radical (unpaired) electrons. The number of hydrogen-bond donors (Lipinski definition) is 1. The number of hydrogen-bond acceptors (Lipinski definition) is 2. The molecule has 1 atom stereocenters. The first-order valence-corrected chi connectivity index (χ1v) is 5.68. The summed E-state index contributed by atoms with van der Waals surface area (Å²) in [5, 5.41) is 3.34. The van der Waals surface area contributed by atoms with E-state index in [1.165, 1.54) is 44.9 Å². The molecule has 0 aromatic carbocycles. The Morgan fingerprint density at radius 2 is 2.00 bits per heavy atom. The summed E-state index contributed by atoms with van der Waals surface area (Å²) < 4.78 is 0. The summed E-state index contributed by atoms with van der Waals surface area (Å²) in [7, 11) is 0. The van der Waals surface area contributed by atoms with Crippen molar-refractivity contribution in [3.63, 3.8) is 0 Å². The van der Waals surface area contributed by atoms with Gasteiger partial charge in [-0.1, -0.05) is 39.0 Å². The first-order chi connectivity index (χ1) is 6.43. The van der Waals surface area contributed by atoms with Crippen LogP contribution in [0.4, 0.5) is 0 Å². The van der Waals surface area contributed by atoms with Crippen molar-refractivity contribution in [2.45, 2.75) is 58.0 Å². The van der Waals surface area contributed by atoms with E-state index >= 15 is 0 Å². The fourth-order valence-electron chi connectivity index (χ4n) is 1.72. The lowest BCUT2D eigenvalue weighted by Gasteiger charge is -2.06. The summed E-state index contributed by atoms with van der Waals surface area (Å²) in [4.78, 5) is 4.33. The minimum absolute atomic E-state index is 0.436. The fraction of sp³-hybridized carbons (Fsp3) is 0.909. The number of aliphatic imine (C=N–C) groups is 1.